The van der Waals surface area contributed by atoms with Crippen LogP contribution in [0.3, 0.4) is 0 Å². The summed E-state index contributed by atoms with van der Waals surface area (Å²) in [5, 5.41) is 6.14. The summed E-state index contributed by atoms with van der Waals surface area (Å²) in [5.41, 5.74) is 3.48. The molecule has 28 heavy (non-hydrogen) atoms. The first-order valence-electron chi connectivity index (χ1n) is 9.24. The van der Waals surface area contributed by atoms with E-state index in [0.29, 0.717) is 23.6 Å². The molecule has 0 unspecified atom stereocenters. The second-order valence-electron chi connectivity index (χ2n) is 6.44. The molecule has 6 heteroatoms. The number of hydrogen-bond acceptors (Lipinski definition) is 5. The summed E-state index contributed by atoms with van der Waals surface area (Å²) in [6.45, 7) is 6.69. The zero-order valence-electron chi connectivity index (χ0n) is 16.3. The molecule has 146 valence electrons. The highest BCUT2D eigenvalue weighted by molar-refractivity contribution is 7.98. The maximum Gasteiger partial charge on any atom is 0.256 e. The molecule has 0 aliphatic carbocycles. The van der Waals surface area contributed by atoms with Crippen molar-refractivity contribution < 1.29 is 9.53 Å². The Bertz CT molecular complexity index is 953. The summed E-state index contributed by atoms with van der Waals surface area (Å²) >= 11 is 3.27. The van der Waals surface area contributed by atoms with Gasteiger partial charge in [-0.15, -0.1) is 23.1 Å². The van der Waals surface area contributed by atoms with Crippen LogP contribution in [0.25, 0.3) is 0 Å². The summed E-state index contributed by atoms with van der Waals surface area (Å²) in [6.07, 6.45) is 0.914. The molecule has 0 atom stereocenters. The van der Waals surface area contributed by atoms with Crippen molar-refractivity contribution in [3.05, 3.63) is 69.7 Å². The molecule has 0 aliphatic rings. The van der Waals surface area contributed by atoms with E-state index in [1.807, 2.05) is 56.3 Å². The fourth-order valence-electron chi connectivity index (χ4n) is 2.66. The minimum atomic E-state index is -0.136. The zero-order valence-corrected chi connectivity index (χ0v) is 18.0. The van der Waals surface area contributed by atoms with Crippen LogP contribution in [0.2, 0.25) is 0 Å². The van der Waals surface area contributed by atoms with E-state index in [1.54, 1.807) is 23.1 Å². The standard InChI is InChI=1S/C22H24N2O2S2/c1-4-11-26-20-12-15(2)9-10-19(20)24-22(25)18-7-5-6-8-21(18)28-14-17-13-27-16(3)23-17/h5-10,12-13H,4,11,14H2,1-3H3,(H,24,25). The van der Waals surface area contributed by atoms with Gasteiger partial charge in [-0.3, -0.25) is 4.79 Å². The van der Waals surface area contributed by atoms with Gasteiger partial charge < -0.3 is 10.1 Å². The summed E-state index contributed by atoms with van der Waals surface area (Å²) < 4.78 is 5.81. The Morgan fingerprint density at radius 3 is 2.79 bits per heavy atom. The second-order valence-corrected chi connectivity index (χ2v) is 8.52. The number of benzene rings is 2. The third kappa shape index (κ3) is 5.36. The molecular weight excluding hydrogens is 388 g/mol. The van der Waals surface area contributed by atoms with E-state index < -0.39 is 0 Å². The highest BCUT2D eigenvalue weighted by atomic mass is 32.2. The van der Waals surface area contributed by atoms with Crippen LogP contribution in [0, 0.1) is 13.8 Å². The van der Waals surface area contributed by atoms with Gasteiger partial charge in [-0.25, -0.2) is 4.98 Å². The Morgan fingerprint density at radius 1 is 1.21 bits per heavy atom. The van der Waals surface area contributed by atoms with E-state index in [-0.39, 0.29) is 5.91 Å². The molecule has 1 heterocycles. The fourth-order valence-corrected chi connectivity index (χ4v) is 4.32. The first kappa shape index (κ1) is 20.4. The number of nitrogens with one attached hydrogen (secondary N) is 1. The molecule has 0 fully saturated rings. The predicted octanol–water partition coefficient (Wildman–Crippen LogP) is 6.09. The molecule has 4 nitrogen and oxygen atoms in total. The van der Waals surface area contributed by atoms with Crippen molar-refractivity contribution >= 4 is 34.7 Å². The Morgan fingerprint density at radius 2 is 2.04 bits per heavy atom. The van der Waals surface area contributed by atoms with Gasteiger partial charge in [0.15, 0.2) is 0 Å². The number of rotatable bonds is 8. The lowest BCUT2D eigenvalue weighted by atomic mass is 10.1. The van der Waals surface area contributed by atoms with Crippen LogP contribution in [-0.4, -0.2) is 17.5 Å². The lowest BCUT2D eigenvalue weighted by molar-refractivity contribution is 0.102. The van der Waals surface area contributed by atoms with Crippen LogP contribution in [-0.2, 0) is 5.75 Å². The maximum atomic E-state index is 13.0. The lowest BCUT2D eigenvalue weighted by Gasteiger charge is -2.14. The van der Waals surface area contributed by atoms with Crippen LogP contribution < -0.4 is 10.1 Å². The third-order valence-electron chi connectivity index (χ3n) is 4.02. The van der Waals surface area contributed by atoms with E-state index in [9.17, 15) is 4.79 Å². The molecule has 1 N–H and O–H groups in total. The quantitative estimate of drug-likeness (QED) is 0.455. The number of anilines is 1. The number of hydrogen-bond donors (Lipinski definition) is 1. The van der Waals surface area contributed by atoms with Crippen molar-refractivity contribution in [1.82, 2.24) is 4.98 Å². The van der Waals surface area contributed by atoms with E-state index >= 15 is 0 Å². The monoisotopic (exact) mass is 412 g/mol. The third-order valence-corrected chi connectivity index (χ3v) is 5.95. The van der Waals surface area contributed by atoms with Crippen molar-refractivity contribution in [2.24, 2.45) is 0 Å². The van der Waals surface area contributed by atoms with Crippen LogP contribution in [0.15, 0.2) is 52.7 Å². The lowest BCUT2D eigenvalue weighted by Crippen LogP contribution is -2.14. The number of ether oxygens (including phenoxy) is 1. The Labute approximate surface area is 174 Å². The molecule has 3 aromatic rings. The number of nitrogens with zero attached hydrogens (tertiary/aromatic N) is 1. The van der Waals surface area contributed by atoms with Crippen molar-refractivity contribution in [2.75, 3.05) is 11.9 Å². The molecule has 1 amide bonds. The Hall–Kier alpha value is -2.31. The molecule has 0 saturated heterocycles. The van der Waals surface area contributed by atoms with E-state index in [2.05, 4.69) is 22.6 Å². The van der Waals surface area contributed by atoms with Crippen molar-refractivity contribution in [3.8, 4) is 5.75 Å². The minimum Gasteiger partial charge on any atom is -0.491 e. The smallest absolute Gasteiger partial charge is 0.256 e. The van der Waals surface area contributed by atoms with Gasteiger partial charge in [-0.2, -0.15) is 0 Å². The number of carbonyl (C=O) groups is 1. The highest BCUT2D eigenvalue weighted by Crippen LogP contribution is 2.30. The van der Waals surface area contributed by atoms with Gasteiger partial charge in [0.05, 0.1) is 28.6 Å². The first-order chi connectivity index (χ1) is 13.6. The van der Waals surface area contributed by atoms with Crippen LogP contribution in [0.4, 0.5) is 5.69 Å². The van der Waals surface area contributed by atoms with Crippen molar-refractivity contribution in [3.63, 3.8) is 0 Å². The first-order valence-corrected chi connectivity index (χ1v) is 11.1. The molecule has 0 saturated carbocycles. The summed E-state index contributed by atoms with van der Waals surface area (Å²) in [6, 6.07) is 13.5. The number of thiazole rings is 1. The van der Waals surface area contributed by atoms with Gasteiger partial charge in [0, 0.05) is 16.0 Å². The van der Waals surface area contributed by atoms with E-state index in [0.717, 1.165) is 33.3 Å². The largest absolute Gasteiger partial charge is 0.491 e. The van der Waals surface area contributed by atoms with Gasteiger partial charge in [-0.1, -0.05) is 25.1 Å². The predicted molar refractivity (Wildman–Crippen MR) is 118 cm³/mol. The van der Waals surface area contributed by atoms with Crippen LogP contribution in [0.1, 0.15) is 40.0 Å². The zero-order chi connectivity index (χ0) is 19.9. The Balaban J connectivity index is 1.76. The maximum absolute atomic E-state index is 13.0. The number of aromatic nitrogens is 1. The van der Waals surface area contributed by atoms with Gasteiger partial charge in [-0.05, 0) is 50.1 Å². The number of thioether (sulfide) groups is 1. The number of carbonyl (C=O) groups excluding carboxylic acids is 1. The van der Waals surface area contributed by atoms with Crippen LogP contribution >= 0.6 is 23.1 Å². The van der Waals surface area contributed by atoms with E-state index in [1.165, 1.54) is 0 Å². The van der Waals surface area contributed by atoms with E-state index in [4.69, 9.17) is 4.74 Å². The normalized spacial score (nSPS) is 10.7. The highest BCUT2D eigenvalue weighted by Gasteiger charge is 2.14. The molecule has 0 bridgehead atoms. The molecule has 3 rings (SSSR count). The number of amides is 1. The van der Waals surface area contributed by atoms with Gasteiger partial charge >= 0.3 is 0 Å². The molecular formula is C22H24N2O2S2. The fraction of sp³-hybridized carbons (Fsp3) is 0.273. The SMILES string of the molecule is CCCOc1cc(C)ccc1NC(=O)c1ccccc1SCc1csc(C)n1. The van der Waals surface area contributed by atoms with Gasteiger partial charge in [0.25, 0.3) is 5.91 Å². The Kier molecular flexibility index (Phi) is 7.12. The molecule has 2 aromatic carbocycles. The average molecular weight is 413 g/mol. The molecule has 1 aromatic heterocycles. The van der Waals surface area contributed by atoms with Crippen LogP contribution in [0.5, 0.6) is 5.75 Å². The van der Waals surface area contributed by atoms with Crippen molar-refractivity contribution in [1.29, 1.82) is 0 Å². The topological polar surface area (TPSA) is 51.2 Å². The summed E-state index contributed by atoms with van der Waals surface area (Å²) in [5.74, 6) is 1.31. The van der Waals surface area contributed by atoms with Crippen molar-refractivity contribution in [2.45, 2.75) is 37.8 Å². The summed E-state index contributed by atoms with van der Waals surface area (Å²) in [4.78, 5) is 18.4. The average Bonchev–Trinajstić information content (AvgIpc) is 3.12. The second kappa shape index (κ2) is 9.75. The number of aryl methyl sites for hydroxylation is 2. The minimum absolute atomic E-state index is 0.136. The molecule has 0 spiro atoms. The van der Waals surface area contributed by atoms with Gasteiger partial charge in [0.1, 0.15) is 5.75 Å². The van der Waals surface area contributed by atoms with Gasteiger partial charge in [0.2, 0.25) is 0 Å². The molecule has 0 aliphatic heterocycles. The summed E-state index contributed by atoms with van der Waals surface area (Å²) in [7, 11) is 0. The molecule has 0 radical (unpaired) electrons.